The molecule has 3 aliphatic rings. The third-order valence-electron chi connectivity index (χ3n) is 8.96. The topological polar surface area (TPSA) is 76.2 Å². The second-order valence-electron chi connectivity index (χ2n) is 12.1. The number of allylic oxidation sites excluding steroid dienone is 2. The van der Waals surface area contributed by atoms with Crippen LogP contribution >= 0.6 is 0 Å². The minimum atomic E-state index is -0.448. The maximum absolute atomic E-state index is 15.8. The fourth-order valence-electron chi connectivity index (χ4n) is 6.34. The number of halogens is 1. The van der Waals surface area contributed by atoms with E-state index in [2.05, 4.69) is 39.2 Å². The molecule has 2 saturated heterocycles. The van der Waals surface area contributed by atoms with Gasteiger partial charge in [-0.1, -0.05) is 19.9 Å². The first-order valence-electron chi connectivity index (χ1n) is 16.0. The molecule has 0 saturated carbocycles. The average Bonchev–Trinajstić information content (AvgIpc) is 3.44. The van der Waals surface area contributed by atoms with E-state index in [1.54, 1.807) is 18.3 Å². The highest BCUT2D eigenvalue weighted by molar-refractivity contribution is 6.25. The van der Waals surface area contributed by atoms with E-state index in [1.165, 1.54) is 5.69 Å². The van der Waals surface area contributed by atoms with Crippen LogP contribution in [0.5, 0.6) is 5.75 Å². The highest BCUT2D eigenvalue weighted by Crippen LogP contribution is 2.33. The molecule has 4 heterocycles. The van der Waals surface area contributed by atoms with Crippen LogP contribution in [-0.4, -0.2) is 72.3 Å². The van der Waals surface area contributed by atoms with Crippen LogP contribution in [0.2, 0.25) is 0 Å². The van der Waals surface area contributed by atoms with Crippen LogP contribution in [0.25, 0.3) is 10.9 Å². The second kappa shape index (κ2) is 13.3. The number of anilines is 2. The Kier molecular flexibility index (Phi) is 9.02. The normalized spacial score (nSPS) is 20.7. The molecule has 1 aromatic heterocycles. The van der Waals surface area contributed by atoms with Gasteiger partial charge >= 0.3 is 0 Å². The van der Waals surface area contributed by atoms with Crippen LogP contribution in [0.3, 0.4) is 0 Å². The Morgan fingerprint density at radius 3 is 2.52 bits per heavy atom. The fraction of sp³-hybridized carbons (Fsp3) is 0.429. The van der Waals surface area contributed by atoms with Gasteiger partial charge in [0.05, 0.1) is 0 Å². The maximum atomic E-state index is 15.8. The summed E-state index contributed by atoms with van der Waals surface area (Å²) in [4.78, 5) is 29.0. The molecule has 8 nitrogen and oxygen atoms in total. The molecule has 2 aromatic carbocycles. The van der Waals surface area contributed by atoms with E-state index in [1.807, 2.05) is 43.0 Å². The number of likely N-dealkylation sites (tertiary alicyclic amines) is 1. The van der Waals surface area contributed by atoms with Crippen molar-refractivity contribution in [3.63, 3.8) is 0 Å². The predicted octanol–water partition coefficient (Wildman–Crippen LogP) is 6.47. The van der Waals surface area contributed by atoms with E-state index in [-0.39, 0.29) is 17.6 Å². The smallest absolute Gasteiger partial charge is 0.261 e. The number of ether oxygens (including phenoxy) is 1. The van der Waals surface area contributed by atoms with E-state index < -0.39 is 5.82 Å². The Balaban J connectivity index is 1.35. The number of carbonyl (C=O) groups is 1. The molecule has 1 amide bonds. The lowest BCUT2D eigenvalue weighted by Crippen LogP contribution is -2.46. The number of piperidine rings is 1. The first-order chi connectivity index (χ1) is 21.4. The van der Waals surface area contributed by atoms with E-state index in [4.69, 9.17) is 9.73 Å². The number of hydrogen-bond donors (Lipinski definition) is 2. The van der Waals surface area contributed by atoms with E-state index >= 15 is 4.39 Å². The predicted molar refractivity (Wildman–Crippen MR) is 176 cm³/mol. The molecule has 0 aliphatic carbocycles. The zero-order chi connectivity index (χ0) is 30.6. The Labute approximate surface area is 259 Å². The van der Waals surface area contributed by atoms with Gasteiger partial charge in [0.2, 0.25) is 0 Å². The number of aromatic amines is 1. The molecule has 0 bridgehead atoms. The molecule has 232 valence electrons. The molecule has 2 fully saturated rings. The highest BCUT2D eigenvalue weighted by atomic mass is 19.1. The lowest BCUT2D eigenvalue weighted by Gasteiger charge is -2.35. The zero-order valence-corrected chi connectivity index (χ0v) is 26.0. The number of hydrogen-bond acceptors (Lipinski definition) is 6. The van der Waals surface area contributed by atoms with Crippen molar-refractivity contribution in [2.75, 3.05) is 56.0 Å². The zero-order valence-electron chi connectivity index (χ0n) is 26.0. The first-order valence-corrected chi connectivity index (χ1v) is 16.0. The van der Waals surface area contributed by atoms with Gasteiger partial charge in [0, 0.05) is 79.4 Å². The van der Waals surface area contributed by atoms with Crippen molar-refractivity contribution in [3.05, 3.63) is 77.6 Å². The summed E-state index contributed by atoms with van der Waals surface area (Å²) in [5, 5.41) is 3.90. The minimum Gasteiger partial charge on any atom is -0.457 e. The number of amidine groups is 1. The lowest BCUT2D eigenvalue weighted by molar-refractivity contribution is -0.127. The number of nitrogens with zero attached hydrogens (tertiary/aromatic N) is 4. The Hall–Kier alpha value is -4.11. The number of H-pyrrole nitrogens is 1. The van der Waals surface area contributed by atoms with Crippen molar-refractivity contribution in [1.82, 2.24) is 14.8 Å². The SMILES string of the molecule is CCN1CCN(c2ccc(NC3=N/C=C/CC(C)C(Oc4ccc5[nH]c(C)cc5c4F)=C3C(=O)N3CCCCC3)cc2)CC1. The van der Waals surface area contributed by atoms with Gasteiger partial charge < -0.3 is 29.7 Å². The lowest BCUT2D eigenvalue weighted by atomic mass is 9.97. The van der Waals surface area contributed by atoms with Crippen molar-refractivity contribution in [2.24, 2.45) is 10.9 Å². The number of fused-ring (bicyclic) bond motifs is 1. The number of carbonyl (C=O) groups excluding carboxylic acids is 1. The monoisotopic (exact) mass is 598 g/mol. The quantitative estimate of drug-likeness (QED) is 0.340. The van der Waals surface area contributed by atoms with Crippen LogP contribution in [0.15, 0.2) is 71.1 Å². The molecule has 2 N–H and O–H groups in total. The molecular weight excluding hydrogens is 555 g/mol. The number of aromatic nitrogens is 1. The van der Waals surface area contributed by atoms with Crippen molar-refractivity contribution < 1.29 is 13.9 Å². The molecule has 1 unspecified atom stereocenters. The Morgan fingerprint density at radius 1 is 1.05 bits per heavy atom. The highest BCUT2D eigenvalue weighted by Gasteiger charge is 2.32. The molecule has 0 spiro atoms. The summed E-state index contributed by atoms with van der Waals surface area (Å²) in [6.45, 7) is 12.7. The largest absolute Gasteiger partial charge is 0.457 e. The van der Waals surface area contributed by atoms with Gasteiger partial charge in [0.15, 0.2) is 11.6 Å². The average molecular weight is 599 g/mol. The van der Waals surface area contributed by atoms with Gasteiger partial charge in [-0.25, -0.2) is 9.38 Å². The summed E-state index contributed by atoms with van der Waals surface area (Å²) in [6, 6.07) is 13.5. The van der Waals surface area contributed by atoms with Gasteiger partial charge in [0.1, 0.15) is 17.2 Å². The molecule has 9 heteroatoms. The van der Waals surface area contributed by atoms with Crippen LogP contribution in [0.4, 0.5) is 15.8 Å². The van der Waals surface area contributed by atoms with E-state index in [9.17, 15) is 4.79 Å². The third kappa shape index (κ3) is 6.38. The van der Waals surface area contributed by atoms with Crippen LogP contribution in [0.1, 0.15) is 45.2 Å². The van der Waals surface area contributed by atoms with Crippen molar-refractivity contribution in [1.29, 1.82) is 0 Å². The summed E-state index contributed by atoms with van der Waals surface area (Å²) >= 11 is 0. The number of rotatable bonds is 6. The summed E-state index contributed by atoms with van der Waals surface area (Å²) in [5.41, 5.74) is 3.93. The molecule has 0 radical (unpaired) electrons. The summed E-state index contributed by atoms with van der Waals surface area (Å²) in [5.74, 6) is 0.148. The summed E-state index contributed by atoms with van der Waals surface area (Å²) in [6.07, 6.45) is 7.33. The second-order valence-corrected chi connectivity index (χ2v) is 12.1. The molecule has 44 heavy (non-hydrogen) atoms. The molecule has 6 rings (SSSR count). The van der Waals surface area contributed by atoms with Crippen LogP contribution in [0, 0.1) is 18.7 Å². The number of amides is 1. The van der Waals surface area contributed by atoms with Crippen LogP contribution in [-0.2, 0) is 4.79 Å². The van der Waals surface area contributed by atoms with E-state index in [0.717, 1.165) is 63.4 Å². The Bertz CT molecular complexity index is 1580. The third-order valence-corrected chi connectivity index (χ3v) is 8.96. The fourth-order valence-corrected chi connectivity index (χ4v) is 6.34. The van der Waals surface area contributed by atoms with Crippen molar-refractivity contribution in [2.45, 2.75) is 46.5 Å². The van der Waals surface area contributed by atoms with Gasteiger partial charge in [0.25, 0.3) is 5.91 Å². The first kappa shape index (κ1) is 29.9. The molecule has 3 aliphatic heterocycles. The number of likely N-dealkylation sites (N-methyl/N-ethyl adjacent to an activating group) is 1. The molecular formula is C35H43FN6O2. The number of benzene rings is 2. The van der Waals surface area contributed by atoms with Gasteiger partial charge in [-0.3, -0.25) is 4.79 Å². The van der Waals surface area contributed by atoms with E-state index in [0.29, 0.717) is 47.6 Å². The number of aryl methyl sites for hydroxylation is 1. The summed E-state index contributed by atoms with van der Waals surface area (Å²) < 4.78 is 22.2. The number of aliphatic imine (C=N–C) groups is 1. The van der Waals surface area contributed by atoms with Gasteiger partial charge in [-0.2, -0.15) is 0 Å². The van der Waals surface area contributed by atoms with Gasteiger partial charge in [-0.15, -0.1) is 0 Å². The Morgan fingerprint density at radius 2 is 1.80 bits per heavy atom. The molecule has 3 aromatic rings. The minimum absolute atomic E-state index is 0.0960. The van der Waals surface area contributed by atoms with Crippen molar-refractivity contribution >= 4 is 34.0 Å². The van der Waals surface area contributed by atoms with Crippen LogP contribution < -0.4 is 15.0 Å². The number of nitrogens with one attached hydrogen (secondary N) is 2. The van der Waals surface area contributed by atoms with Gasteiger partial charge in [-0.05, 0) is 81.6 Å². The summed E-state index contributed by atoms with van der Waals surface area (Å²) in [7, 11) is 0. The molecule has 1 atom stereocenters. The standard InChI is InChI=1S/C35H43FN6O2/c1-4-40-19-21-41(22-20-40)27-12-10-26(11-13-27)39-34-31(35(43)42-17-6-5-7-18-42)33(24(2)9-8-16-37-34)44-30-15-14-29-28(32(30)36)23-25(3)38-29/h8,10-16,23-24,38H,4-7,9,17-22H2,1-3H3,(H,37,39)/b16-8+,33-31?. The number of piperazine rings is 1. The van der Waals surface area contributed by atoms with Crippen molar-refractivity contribution in [3.8, 4) is 5.75 Å². The maximum Gasteiger partial charge on any atom is 0.261 e.